The molecule has 2 heterocycles. The van der Waals surface area contributed by atoms with Gasteiger partial charge < -0.3 is 4.90 Å². The van der Waals surface area contributed by atoms with E-state index in [0.29, 0.717) is 17.6 Å². The summed E-state index contributed by atoms with van der Waals surface area (Å²) in [6, 6.07) is 14.4. The van der Waals surface area contributed by atoms with Crippen LogP contribution in [0.2, 0.25) is 0 Å². The Morgan fingerprint density at radius 3 is 2.74 bits per heavy atom. The number of rotatable bonds is 3. The smallest absolute Gasteiger partial charge is 0.157 e. The summed E-state index contributed by atoms with van der Waals surface area (Å²) < 4.78 is 2.01. The van der Waals surface area contributed by atoms with Crippen molar-refractivity contribution in [3.8, 4) is 12.1 Å². The van der Waals surface area contributed by atoms with E-state index in [9.17, 15) is 5.26 Å². The van der Waals surface area contributed by atoms with E-state index in [1.54, 1.807) is 0 Å². The molecule has 2 aromatic heterocycles. The number of nitrogens with zero attached hydrogens (tertiary/aromatic N) is 5. The summed E-state index contributed by atoms with van der Waals surface area (Å²) in [5.74, 6) is 0.938. The molecule has 1 aromatic carbocycles. The van der Waals surface area contributed by atoms with Crippen molar-refractivity contribution >= 4 is 22.5 Å². The van der Waals surface area contributed by atoms with E-state index in [0.717, 1.165) is 22.4 Å². The minimum absolute atomic E-state index is 0.0664. The van der Waals surface area contributed by atoms with Crippen LogP contribution < -0.4 is 4.90 Å². The Morgan fingerprint density at radius 1 is 1.30 bits per heavy atom. The molecule has 0 saturated heterocycles. The maximum Gasteiger partial charge on any atom is 0.157 e. The van der Waals surface area contributed by atoms with Crippen molar-refractivity contribution in [2.45, 2.75) is 26.3 Å². The van der Waals surface area contributed by atoms with E-state index in [2.05, 4.69) is 22.0 Å². The van der Waals surface area contributed by atoms with E-state index in [-0.39, 0.29) is 6.04 Å². The van der Waals surface area contributed by atoms with Crippen molar-refractivity contribution in [1.82, 2.24) is 9.38 Å². The SMILES string of the molecule is Cc1cc(N(C)C(C)CC#N)n2c(nc3ccccc32)c1C#N. The molecule has 0 spiro atoms. The van der Waals surface area contributed by atoms with Gasteiger partial charge in [0.25, 0.3) is 0 Å². The minimum Gasteiger partial charge on any atom is -0.357 e. The third-order valence-corrected chi connectivity index (χ3v) is 4.27. The highest BCUT2D eigenvalue weighted by Gasteiger charge is 2.19. The largest absolute Gasteiger partial charge is 0.357 e. The molecule has 0 aliphatic carbocycles. The average Bonchev–Trinajstić information content (AvgIpc) is 2.92. The lowest BCUT2D eigenvalue weighted by molar-refractivity contribution is 0.691. The van der Waals surface area contributed by atoms with E-state index in [4.69, 9.17) is 5.26 Å². The summed E-state index contributed by atoms with van der Waals surface area (Å²) in [5, 5.41) is 18.5. The lowest BCUT2D eigenvalue weighted by Crippen LogP contribution is -2.30. The van der Waals surface area contributed by atoms with Crippen molar-refractivity contribution in [2.24, 2.45) is 0 Å². The average molecular weight is 303 g/mol. The van der Waals surface area contributed by atoms with Gasteiger partial charge in [-0.1, -0.05) is 12.1 Å². The van der Waals surface area contributed by atoms with Crippen LogP contribution >= 0.6 is 0 Å². The molecular formula is C18H17N5. The zero-order valence-corrected chi connectivity index (χ0v) is 13.4. The fourth-order valence-corrected chi connectivity index (χ4v) is 2.82. The molecule has 0 N–H and O–H groups in total. The Morgan fingerprint density at radius 2 is 2.04 bits per heavy atom. The van der Waals surface area contributed by atoms with Crippen LogP contribution in [0.3, 0.4) is 0 Å². The quantitative estimate of drug-likeness (QED) is 0.743. The first kappa shape index (κ1) is 14.9. The van der Waals surface area contributed by atoms with Crippen LogP contribution in [-0.2, 0) is 0 Å². The molecule has 1 unspecified atom stereocenters. The first-order valence-corrected chi connectivity index (χ1v) is 7.49. The van der Waals surface area contributed by atoms with Crippen molar-refractivity contribution in [2.75, 3.05) is 11.9 Å². The first-order chi connectivity index (χ1) is 11.1. The number of benzene rings is 1. The van der Waals surface area contributed by atoms with Crippen LogP contribution in [0.25, 0.3) is 16.7 Å². The Balaban J connectivity index is 2.38. The van der Waals surface area contributed by atoms with Crippen molar-refractivity contribution in [1.29, 1.82) is 10.5 Å². The van der Waals surface area contributed by atoms with Crippen molar-refractivity contribution < 1.29 is 0 Å². The van der Waals surface area contributed by atoms with Crippen LogP contribution in [0, 0.1) is 29.6 Å². The van der Waals surface area contributed by atoms with Gasteiger partial charge >= 0.3 is 0 Å². The second kappa shape index (κ2) is 5.62. The van der Waals surface area contributed by atoms with Gasteiger partial charge in [-0.25, -0.2) is 4.98 Å². The lowest BCUT2D eigenvalue weighted by atomic mass is 10.1. The molecular weight excluding hydrogens is 286 g/mol. The van der Waals surface area contributed by atoms with Gasteiger partial charge in [0.05, 0.1) is 29.1 Å². The van der Waals surface area contributed by atoms with Gasteiger partial charge in [-0.15, -0.1) is 0 Å². The molecule has 0 radical (unpaired) electrons. The maximum absolute atomic E-state index is 9.50. The van der Waals surface area contributed by atoms with Crippen LogP contribution in [-0.4, -0.2) is 22.5 Å². The molecule has 0 aliphatic rings. The molecule has 0 amide bonds. The molecule has 0 fully saturated rings. The molecule has 0 saturated carbocycles. The number of para-hydroxylation sites is 2. The summed E-state index contributed by atoms with van der Waals surface area (Å²) in [4.78, 5) is 6.71. The van der Waals surface area contributed by atoms with E-state index in [1.165, 1.54) is 0 Å². The number of pyridine rings is 1. The third-order valence-electron chi connectivity index (χ3n) is 4.27. The van der Waals surface area contributed by atoms with Crippen LogP contribution in [0.4, 0.5) is 5.82 Å². The predicted octanol–water partition coefficient (Wildman–Crippen LogP) is 3.41. The van der Waals surface area contributed by atoms with E-state index >= 15 is 0 Å². The molecule has 1 atom stereocenters. The van der Waals surface area contributed by atoms with Crippen LogP contribution in [0.1, 0.15) is 24.5 Å². The number of aryl methyl sites for hydroxylation is 1. The van der Waals surface area contributed by atoms with Gasteiger partial charge in [0.1, 0.15) is 11.9 Å². The summed E-state index contributed by atoms with van der Waals surface area (Å²) in [7, 11) is 1.97. The van der Waals surface area contributed by atoms with Crippen molar-refractivity contribution in [3.05, 3.63) is 41.5 Å². The summed E-state index contributed by atoms with van der Waals surface area (Å²) >= 11 is 0. The maximum atomic E-state index is 9.50. The predicted molar refractivity (Wildman–Crippen MR) is 90.2 cm³/mol. The van der Waals surface area contributed by atoms with E-state index in [1.807, 2.05) is 55.6 Å². The highest BCUT2D eigenvalue weighted by atomic mass is 15.2. The molecule has 3 aromatic rings. The standard InChI is InChI=1S/C18H17N5/c1-12-10-17(22(3)13(2)8-9-19)23-16-7-5-4-6-15(16)21-18(23)14(12)11-20/h4-7,10,13H,8H2,1-3H3. The number of nitriles is 2. The van der Waals surface area contributed by atoms with Crippen LogP contribution in [0.15, 0.2) is 30.3 Å². The highest BCUT2D eigenvalue weighted by Crippen LogP contribution is 2.29. The van der Waals surface area contributed by atoms with Gasteiger partial charge in [-0.2, -0.15) is 10.5 Å². The van der Waals surface area contributed by atoms with Gasteiger partial charge in [-0.05, 0) is 37.6 Å². The zero-order chi connectivity index (χ0) is 16.6. The molecule has 5 nitrogen and oxygen atoms in total. The Labute approximate surface area is 135 Å². The topological polar surface area (TPSA) is 68.1 Å². The summed E-state index contributed by atoms with van der Waals surface area (Å²) in [6.07, 6.45) is 0.434. The summed E-state index contributed by atoms with van der Waals surface area (Å²) in [5.41, 5.74) is 3.97. The molecule has 3 rings (SSSR count). The number of imidazole rings is 1. The Hall–Kier alpha value is -3.05. The number of hydrogen-bond donors (Lipinski definition) is 0. The summed E-state index contributed by atoms with van der Waals surface area (Å²) in [6.45, 7) is 3.94. The molecule has 5 heteroatoms. The molecule has 0 aliphatic heterocycles. The third kappa shape index (κ3) is 2.27. The number of aromatic nitrogens is 2. The molecule has 114 valence electrons. The monoisotopic (exact) mass is 303 g/mol. The number of fused-ring (bicyclic) bond motifs is 3. The second-order valence-corrected chi connectivity index (χ2v) is 5.75. The highest BCUT2D eigenvalue weighted by molar-refractivity contribution is 5.85. The minimum atomic E-state index is 0.0664. The first-order valence-electron chi connectivity index (χ1n) is 7.49. The number of anilines is 1. The van der Waals surface area contributed by atoms with E-state index < -0.39 is 0 Å². The lowest BCUT2D eigenvalue weighted by Gasteiger charge is -2.27. The van der Waals surface area contributed by atoms with Crippen LogP contribution in [0.5, 0.6) is 0 Å². The zero-order valence-electron chi connectivity index (χ0n) is 13.4. The Kier molecular flexibility index (Phi) is 3.64. The van der Waals surface area contributed by atoms with Gasteiger partial charge in [0.15, 0.2) is 5.65 Å². The molecule has 23 heavy (non-hydrogen) atoms. The normalized spacial score (nSPS) is 12.0. The van der Waals surface area contributed by atoms with Crippen molar-refractivity contribution in [3.63, 3.8) is 0 Å². The van der Waals surface area contributed by atoms with Gasteiger partial charge in [-0.3, -0.25) is 4.40 Å². The number of hydrogen-bond acceptors (Lipinski definition) is 4. The Bertz CT molecular complexity index is 971. The fourth-order valence-electron chi connectivity index (χ4n) is 2.82. The second-order valence-electron chi connectivity index (χ2n) is 5.75. The van der Waals surface area contributed by atoms with Gasteiger partial charge in [0.2, 0.25) is 0 Å². The molecule has 0 bridgehead atoms. The fraction of sp³-hybridized carbons (Fsp3) is 0.278. The van der Waals surface area contributed by atoms with Gasteiger partial charge in [0, 0.05) is 13.1 Å².